The van der Waals surface area contributed by atoms with Gasteiger partial charge >= 0.3 is 6.18 Å². The van der Waals surface area contributed by atoms with Gasteiger partial charge in [0.2, 0.25) is 0 Å². The van der Waals surface area contributed by atoms with E-state index < -0.39 is 11.9 Å². The average Bonchev–Trinajstić information content (AvgIpc) is 3.28. The Hall–Kier alpha value is -1.83. The number of hydrogen-bond donors (Lipinski definition) is 1. The fourth-order valence-electron chi connectivity index (χ4n) is 4.13. The van der Waals surface area contributed by atoms with E-state index in [1.54, 1.807) is 16.2 Å². The standard InChI is InChI=1S/C19H22F3N3OS/c1-11-4-5-13-14(10-27-16(13)7-11)18(26)25-6-2-3-12(9-25)15-8-17(24-23-15)19(20,21)22/h8,10-12H,2-7,9H2,1H3,(H,23,24)/t11-,12-/m0/s1. The van der Waals surface area contributed by atoms with Gasteiger partial charge in [-0.05, 0) is 49.7 Å². The highest BCUT2D eigenvalue weighted by Gasteiger charge is 2.36. The molecule has 1 amide bonds. The molecule has 2 aliphatic rings. The lowest BCUT2D eigenvalue weighted by Crippen LogP contribution is -2.39. The molecule has 0 aromatic carbocycles. The Balaban J connectivity index is 1.50. The molecule has 1 N–H and O–H groups in total. The van der Waals surface area contributed by atoms with Crippen LogP contribution in [0.2, 0.25) is 0 Å². The molecule has 2 atom stereocenters. The van der Waals surface area contributed by atoms with Crippen LogP contribution in [-0.2, 0) is 19.0 Å². The van der Waals surface area contributed by atoms with Crippen molar-refractivity contribution >= 4 is 17.2 Å². The van der Waals surface area contributed by atoms with Gasteiger partial charge in [-0.2, -0.15) is 18.3 Å². The van der Waals surface area contributed by atoms with E-state index in [-0.39, 0.29) is 11.8 Å². The molecule has 146 valence electrons. The molecule has 0 spiro atoms. The maximum atomic E-state index is 13.1. The maximum Gasteiger partial charge on any atom is 0.435 e. The van der Waals surface area contributed by atoms with E-state index in [1.807, 2.05) is 5.38 Å². The number of carbonyl (C=O) groups excluding carboxylic acids is 1. The van der Waals surface area contributed by atoms with Crippen molar-refractivity contribution in [3.8, 4) is 0 Å². The minimum atomic E-state index is -4.45. The third-order valence-corrected chi connectivity index (χ3v) is 6.72. The van der Waals surface area contributed by atoms with Gasteiger partial charge < -0.3 is 4.90 Å². The van der Waals surface area contributed by atoms with Gasteiger partial charge in [-0.3, -0.25) is 9.89 Å². The number of rotatable bonds is 2. The topological polar surface area (TPSA) is 49.0 Å². The lowest BCUT2D eigenvalue weighted by Gasteiger charge is -2.32. The molecular weight excluding hydrogens is 375 g/mol. The van der Waals surface area contributed by atoms with Crippen LogP contribution in [0, 0.1) is 5.92 Å². The first-order chi connectivity index (χ1) is 12.8. The Labute approximate surface area is 159 Å². The normalized spacial score (nSPS) is 23.3. The van der Waals surface area contributed by atoms with Crippen molar-refractivity contribution in [2.75, 3.05) is 13.1 Å². The number of halogens is 3. The van der Waals surface area contributed by atoms with Gasteiger partial charge in [0.25, 0.3) is 5.91 Å². The van der Waals surface area contributed by atoms with Crippen molar-refractivity contribution in [1.29, 1.82) is 0 Å². The minimum absolute atomic E-state index is 0.0160. The summed E-state index contributed by atoms with van der Waals surface area (Å²) in [5.74, 6) is 0.532. The predicted octanol–water partition coefficient (Wildman–Crippen LogP) is 4.63. The third kappa shape index (κ3) is 3.63. The SMILES string of the molecule is C[C@H]1CCc2c(C(=O)N3CCC[C@H](c4cc(C(F)(F)F)n[nH]4)C3)csc2C1. The fourth-order valence-corrected chi connectivity index (χ4v) is 5.37. The molecule has 2 aromatic rings. The molecule has 1 fully saturated rings. The molecule has 0 saturated carbocycles. The van der Waals surface area contributed by atoms with E-state index in [2.05, 4.69) is 17.1 Å². The summed E-state index contributed by atoms with van der Waals surface area (Å²) in [6.45, 7) is 3.31. The highest BCUT2D eigenvalue weighted by Crippen LogP contribution is 2.35. The summed E-state index contributed by atoms with van der Waals surface area (Å²) in [6.07, 6.45) is 0.146. The number of carbonyl (C=O) groups is 1. The molecule has 0 unspecified atom stereocenters. The summed E-state index contributed by atoms with van der Waals surface area (Å²) in [5, 5.41) is 7.89. The van der Waals surface area contributed by atoms with Crippen LogP contribution in [0.1, 0.15) is 64.3 Å². The van der Waals surface area contributed by atoms with Crippen molar-refractivity contribution in [3.05, 3.63) is 38.8 Å². The molecule has 8 heteroatoms. The van der Waals surface area contributed by atoms with Crippen LogP contribution in [-0.4, -0.2) is 34.1 Å². The van der Waals surface area contributed by atoms with E-state index in [0.29, 0.717) is 24.7 Å². The van der Waals surface area contributed by atoms with Gasteiger partial charge in [0.15, 0.2) is 5.69 Å². The number of fused-ring (bicyclic) bond motifs is 1. The van der Waals surface area contributed by atoms with E-state index in [0.717, 1.165) is 43.7 Å². The average molecular weight is 397 g/mol. The second-order valence-electron chi connectivity index (χ2n) is 7.70. The number of H-pyrrole nitrogens is 1. The summed E-state index contributed by atoms with van der Waals surface area (Å²) in [5.41, 5.74) is 1.54. The minimum Gasteiger partial charge on any atom is -0.338 e. The quantitative estimate of drug-likeness (QED) is 0.803. The van der Waals surface area contributed by atoms with Crippen LogP contribution in [0.25, 0.3) is 0 Å². The highest BCUT2D eigenvalue weighted by atomic mass is 32.1. The van der Waals surface area contributed by atoms with E-state index in [4.69, 9.17) is 0 Å². The molecule has 0 bridgehead atoms. The first-order valence-electron chi connectivity index (χ1n) is 9.34. The van der Waals surface area contributed by atoms with Crippen LogP contribution in [0.3, 0.4) is 0 Å². The third-order valence-electron chi connectivity index (χ3n) is 5.67. The molecule has 2 aromatic heterocycles. The Bertz CT molecular complexity index is 842. The van der Waals surface area contributed by atoms with Crippen molar-refractivity contribution < 1.29 is 18.0 Å². The first kappa shape index (κ1) is 18.5. The molecule has 3 heterocycles. The zero-order valence-corrected chi connectivity index (χ0v) is 15.9. The fraction of sp³-hybridized carbons (Fsp3) is 0.579. The Morgan fingerprint density at radius 1 is 1.37 bits per heavy atom. The number of alkyl halides is 3. The van der Waals surface area contributed by atoms with Gasteiger partial charge in [0.1, 0.15) is 0 Å². The van der Waals surface area contributed by atoms with Crippen molar-refractivity contribution in [2.45, 2.75) is 51.1 Å². The second kappa shape index (κ2) is 6.96. The maximum absolute atomic E-state index is 13.1. The molecule has 27 heavy (non-hydrogen) atoms. The number of nitrogens with one attached hydrogen (secondary N) is 1. The molecule has 1 saturated heterocycles. The van der Waals surface area contributed by atoms with Crippen LogP contribution < -0.4 is 0 Å². The summed E-state index contributed by atoms with van der Waals surface area (Å²) in [4.78, 5) is 16.2. The molecular formula is C19H22F3N3OS. The number of hydrogen-bond acceptors (Lipinski definition) is 3. The van der Waals surface area contributed by atoms with Crippen LogP contribution >= 0.6 is 11.3 Å². The zero-order valence-electron chi connectivity index (χ0n) is 15.1. The number of likely N-dealkylation sites (tertiary alicyclic amines) is 1. The highest BCUT2D eigenvalue weighted by molar-refractivity contribution is 7.10. The number of nitrogens with zero attached hydrogens (tertiary/aromatic N) is 2. The molecule has 0 radical (unpaired) electrons. The monoisotopic (exact) mass is 397 g/mol. The zero-order chi connectivity index (χ0) is 19.2. The van der Waals surface area contributed by atoms with Gasteiger partial charge in [0.05, 0.1) is 5.56 Å². The van der Waals surface area contributed by atoms with Gasteiger partial charge in [-0.25, -0.2) is 0 Å². The van der Waals surface area contributed by atoms with Gasteiger partial charge in [-0.15, -0.1) is 11.3 Å². The van der Waals surface area contributed by atoms with Crippen LogP contribution in [0.4, 0.5) is 13.2 Å². The summed E-state index contributed by atoms with van der Waals surface area (Å²) in [7, 11) is 0. The van der Waals surface area contributed by atoms with Crippen molar-refractivity contribution in [1.82, 2.24) is 15.1 Å². The number of aromatic amines is 1. The first-order valence-corrected chi connectivity index (χ1v) is 10.2. The summed E-state index contributed by atoms with van der Waals surface area (Å²) in [6, 6.07) is 1.08. The van der Waals surface area contributed by atoms with Crippen LogP contribution in [0.5, 0.6) is 0 Å². The molecule has 1 aliphatic carbocycles. The lowest BCUT2D eigenvalue weighted by molar-refractivity contribution is -0.141. The molecule has 4 nitrogen and oxygen atoms in total. The smallest absolute Gasteiger partial charge is 0.338 e. The Morgan fingerprint density at radius 3 is 2.93 bits per heavy atom. The van der Waals surface area contributed by atoms with E-state index in [9.17, 15) is 18.0 Å². The molecule has 1 aliphatic heterocycles. The largest absolute Gasteiger partial charge is 0.435 e. The predicted molar refractivity (Wildman–Crippen MR) is 97.0 cm³/mol. The Morgan fingerprint density at radius 2 is 2.19 bits per heavy atom. The van der Waals surface area contributed by atoms with E-state index >= 15 is 0 Å². The molecule has 4 rings (SSSR count). The number of aromatic nitrogens is 2. The number of piperidine rings is 1. The van der Waals surface area contributed by atoms with Crippen molar-refractivity contribution in [3.63, 3.8) is 0 Å². The van der Waals surface area contributed by atoms with Gasteiger partial charge in [0, 0.05) is 35.0 Å². The Kier molecular flexibility index (Phi) is 4.78. The van der Waals surface area contributed by atoms with Crippen molar-refractivity contribution in [2.24, 2.45) is 5.92 Å². The number of thiophene rings is 1. The van der Waals surface area contributed by atoms with Gasteiger partial charge in [-0.1, -0.05) is 6.92 Å². The second-order valence-corrected chi connectivity index (χ2v) is 8.66. The summed E-state index contributed by atoms with van der Waals surface area (Å²) < 4.78 is 38.4. The summed E-state index contributed by atoms with van der Waals surface area (Å²) >= 11 is 1.66. The van der Waals surface area contributed by atoms with E-state index in [1.165, 1.54) is 10.4 Å². The lowest BCUT2D eigenvalue weighted by atomic mass is 9.88. The number of amides is 1. The van der Waals surface area contributed by atoms with Crippen LogP contribution in [0.15, 0.2) is 11.4 Å².